The van der Waals surface area contributed by atoms with Crippen molar-refractivity contribution in [2.24, 2.45) is 0 Å². The van der Waals surface area contributed by atoms with Gasteiger partial charge in [-0.05, 0) is 31.5 Å². The zero-order valence-corrected chi connectivity index (χ0v) is 14.1. The predicted octanol–water partition coefficient (Wildman–Crippen LogP) is 1.09. The van der Waals surface area contributed by atoms with Gasteiger partial charge in [0.1, 0.15) is 13.2 Å². The van der Waals surface area contributed by atoms with E-state index in [1.807, 2.05) is 32.0 Å². The van der Waals surface area contributed by atoms with Crippen LogP contribution in [0.25, 0.3) is 0 Å². The molecule has 0 spiro atoms. The van der Waals surface area contributed by atoms with Crippen molar-refractivity contribution in [2.75, 3.05) is 46.6 Å². The Kier molecular flexibility index (Phi) is 6.24. The Morgan fingerprint density at radius 3 is 2.65 bits per heavy atom. The number of nitrogens with one attached hydrogen (secondary N) is 2. The average molecular weight is 322 g/mol. The molecular weight excluding hydrogens is 296 g/mol. The van der Waals surface area contributed by atoms with E-state index < -0.39 is 5.41 Å². The SMILES string of the molecule is COCCNCCNC(=O)C(C)(C)c1ccc2c(c1)OCCO2. The molecule has 1 amide bonds. The van der Waals surface area contributed by atoms with Crippen LogP contribution in [0.2, 0.25) is 0 Å². The highest BCUT2D eigenvalue weighted by Crippen LogP contribution is 2.35. The quantitative estimate of drug-likeness (QED) is 0.701. The van der Waals surface area contributed by atoms with Gasteiger partial charge in [-0.1, -0.05) is 6.07 Å². The molecule has 1 aliphatic heterocycles. The zero-order chi connectivity index (χ0) is 16.7. The van der Waals surface area contributed by atoms with Crippen molar-refractivity contribution in [3.8, 4) is 11.5 Å². The maximum absolute atomic E-state index is 12.5. The highest BCUT2D eigenvalue weighted by atomic mass is 16.6. The summed E-state index contributed by atoms with van der Waals surface area (Å²) in [4.78, 5) is 12.5. The van der Waals surface area contributed by atoms with E-state index in [9.17, 15) is 4.79 Å². The Balaban J connectivity index is 1.90. The summed E-state index contributed by atoms with van der Waals surface area (Å²) in [6.07, 6.45) is 0. The van der Waals surface area contributed by atoms with Crippen LogP contribution in [-0.4, -0.2) is 52.5 Å². The number of carbonyl (C=O) groups excluding carboxylic acids is 1. The number of benzene rings is 1. The molecule has 1 heterocycles. The molecule has 1 aromatic rings. The third-order valence-electron chi connectivity index (χ3n) is 3.90. The zero-order valence-electron chi connectivity index (χ0n) is 14.1. The molecule has 6 heteroatoms. The van der Waals surface area contributed by atoms with Crippen LogP contribution in [-0.2, 0) is 14.9 Å². The second-order valence-corrected chi connectivity index (χ2v) is 5.98. The lowest BCUT2D eigenvalue weighted by atomic mass is 9.83. The van der Waals surface area contributed by atoms with Crippen LogP contribution in [0.3, 0.4) is 0 Å². The minimum absolute atomic E-state index is 0.0114. The van der Waals surface area contributed by atoms with Crippen molar-refractivity contribution < 1.29 is 19.0 Å². The minimum atomic E-state index is -0.637. The fourth-order valence-corrected chi connectivity index (χ4v) is 2.35. The Hall–Kier alpha value is -1.79. The average Bonchev–Trinajstić information content (AvgIpc) is 2.57. The van der Waals surface area contributed by atoms with E-state index in [2.05, 4.69) is 10.6 Å². The molecule has 2 N–H and O–H groups in total. The number of rotatable bonds is 8. The molecule has 2 rings (SSSR count). The molecule has 1 aromatic carbocycles. The van der Waals surface area contributed by atoms with Crippen LogP contribution in [0.4, 0.5) is 0 Å². The van der Waals surface area contributed by atoms with E-state index in [0.29, 0.717) is 38.7 Å². The highest BCUT2D eigenvalue weighted by molar-refractivity contribution is 5.87. The standard InChI is InChI=1S/C17H26N2O4/c1-17(2,16(20)19-7-6-18-8-9-21-3)13-4-5-14-15(12-13)23-11-10-22-14/h4-5,12,18H,6-11H2,1-3H3,(H,19,20). The topological polar surface area (TPSA) is 68.8 Å². The van der Waals surface area contributed by atoms with Gasteiger partial charge in [0.25, 0.3) is 0 Å². The van der Waals surface area contributed by atoms with Crippen LogP contribution in [0.5, 0.6) is 11.5 Å². The number of carbonyl (C=O) groups is 1. The van der Waals surface area contributed by atoms with Gasteiger partial charge in [0.05, 0.1) is 12.0 Å². The second-order valence-electron chi connectivity index (χ2n) is 5.98. The largest absolute Gasteiger partial charge is 0.486 e. The van der Waals surface area contributed by atoms with Gasteiger partial charge in [-0.3, -0.25) is 4.79 Å². The molecule has 0 unspecified atom stereocenters. The normalized spacial score (nSPS) is 13.7. The molecule has 128 valence electrons. The Labute approximate surface area is 137 Å². The highest BCUT2D eigenvalue weighted by Gasteiger charge is 2.30. The van der Waals surface area contributed by atoms with Gasteiger partial charge in [0, 0.05) is 26.7 Å². The maximum Gasteiger partial charge on any atom is 0.230 e. The Morgan fingerprint density at radius 1 is 1.17 bits per heavy atom. The summed E-state index contributed by atoms with van der Waals surface area (Å²) >= 11 is 0. The molecule has 1 aliphatic rings. The lowest BCUT2D eigenvalue weighted by Crippen LogP contribution is -2.43. The third kappa shape index (κ3) is 4.59. The van der Waals surface area contributed by atoms with Crippen LogP contribution in [0.15, 0.2) is 18.2 Å². The first-order valence-corrected chi connectivity index (χ1v) is 7.94. The first-order valence-electron chi connectivity index (χ1n) is 7.94. The van der Waals surface area contributed by atoms with Gasteiger partial charge >= 0.3 is 0 Å². The summed E-state index contributed by atoms with van der Waals surface area (Å²) in [5.41, 5.74) is 0.272. The van der Waals surface area contributed by atoms with Gasteiger partial charge in [-0.25, -0.2) is 0 Å². The van der Waals surface area contributed by atoms with E-state index in [0.717, 1.165) is 17.9 Å². The van der Waals surface area contributed by atoms with Crippen molar-refractivity contribution >= 4 is 5.91 Å². The van der Waals surface area contributed by atoms with Crippen molar-refractivity contribution in [3.05, 3.63) is 23.8 Å². The van der Waals surface area contributed by atoms with Gasteiger partial charge in [-0.15, -0.1) is 0 Å². The molecule has 0 aromatic heterocycles. The van der Waals surface area contributed by atoms with E-state index in [1.165, 1.54) is 0 Å². The van der Waals surface area contributed by atoms with Crippen molar-refractivity contribution in [1.29, 1.82) is 0 Å². The van der Waals surface area contributed by atoms with Crippen molar-refractivity contribution in [1.82, 2.24) is 10.6 Å². The molecule has 6 nitrogen and oxygen atoms in total. The summed E-state index contributed by atoms with van der Waals surface area (Å²) in [5, 5.41) is 6.16. The molecule has 0 saturated heterocycles. The number of amides is 1. The molecule has 0 aliphatic carbocycles. The lowest BCUT2D eigenvalue weighted by molar-refractivity contribution is -0.125. The van der Waals surface area contributed by atoms with Gasteiger partial charge in [-0.2, -0.15) is 0 Å². The first kappa shape index (κ1) is 17.6. The predicted molar refractivity (Wildman–Crippen MR) is 88.2 cm³/mol. The molecule has 0 fully saturated rings. The lowest BCUT2D eigenvalue weighted by Gasteiger charge is -2.26. The number of hydrogen-bond acceptors (Lipinski definition) is 5. The molecule has 0 bridgehead atoms. The maximum atomic E-state index is 12.5. The number of ether oxygens (including phenoxy) is 3. The van der Waals surface area contributed by atoms with Crippen LogP contribution in [0, 0.1) is 0 Å². The summed E-state index contributed by atoms with van der Waals surface area (Å²) in [7, 11) is 1.67. The summed E-state index contributed by atoms with van der Waals surface area (Å²) in [5.74, 6) is 1.43. The third-order valence-corrected chi connectivity index (χ3v) is 3.90. The van der Waals surface area contributed by atoms with Gasteiger partial charge in [0.15, 0.2) is 11.5 Å². The Morgan fingerprint density at radius 2 is 1.91 bits per heavy atom. The van der Waals surface area contributed by atoms with Gasteiger partial charge < -0.3 is 24.8 Å². The number of fused-ring (bicyclic) bond motifs is 1. The fourth-order valence-electron chi connectivity index (χ4n) is 2.35. The molecular formula is C17H26N2O4. The van der Waals surface area contributed by atoms with Crippen LogP contribution >= 0.6 is 0 Å². The van der Waals surface area contributed by atoms with E-state index in [-0.39, 0.29) is 5.91 Å². The number of methoxy groups -OCH3 is 1. The monoisotopic (exact) mass is 322 g/mol. The first-order chi connectivity index (χ1) is 11.1. The molecule has 0 saturated carbocycles. The second kappa shape index (κ2) is 8.17. The van der Waals surface area contributed by atoms with Crippen LogP contribution in [0.1, 0.15) is 19.4 Å². The number of hydrogen-bond donors (Lipinski definition) is 2. The summed E-state index contributed by atoms with van der Waals surface area (Å²) < 4.78 is 16.1. The van der Waals surface area contributed by atoms with E-state index >= 15 is 0 Å². The van der Waals surface area contributed by atoms with Crippen molar-refractivity contribution in [2.45, 2.75) is 19.3 Å². The molecule has 0 atom stereocenters. The molecule has 23 heavy (non-hydrogen) atoms. The summed E-state index contributed by atoms with van der Waals surface area (Å²) in [6.45, 7) is 7.65. The fraction of sp³-hybridized carbons (Fsp3) is 0.588. The summed E-state index contributed by atoms with van der Waals surface area (Å²) in [6, 6.07) is 5.68. The Bertz CT molecular complexity index is 531. The van der Waals surface area contributed by atoms with Crippen LogP contribution < -0.4 is 20.1 Å². The van der Waals surface area contributed by atoms with E-state index in [1.54, 1.807) is 7.11 Å². The van der Waals surface area contributed by atoms with Crippen molar-refractivity contribution in [3.63, 3.8) is 0 Å². The minimum Gasteiger partial charge on any atom is -0.486 e. The smallest absolute Gasteiger partial charge is 0.230 e. The van der Waals surface area contributed by atoms with E-state index in [4.69, 9.17) is 14.2 Å². The van der Waals surface area contributed by atoms with Gasteiger partial charge in [0.2, 0.25) is 5.91 Å². The molecule has 0 radical (unpaired) electrons.